The summed E-state index contributed by atoms with van der Waals surface area (Å²) >= 11 is 0. The van der Waals surface area contributed by atoms with E-state index in [1.54, 1.807) is 0 Å². The number of hydrogen-bond acceptors (Lipinski definition) is 2. The van der Waals surface area contributed by atoms with Gasteiger partial charge in [0.1, 0.15) is 12.1 Å². The van der Waals surface area contributed by atoms with Gasteiger partial charge >= 0.3 is 0 Å². The first-order valence-corrected chi connectivity index (χ1v) is 7.67. The van der Waals surface area contributed by atoms with E-state index in [0.29, 0.717) is 12.8 Å². The van der Waals surface area contributed by atoms with Gasteiger partial charge in [-0.15, -0.1) is 0 Å². The van der Waals surface area contributed by atoms with E-state index in [0.717, 1.165) is 6.42 Å². The summed E-state index contributed by atoms with van der Waals surface area (Å²) in [6.45, 7) is 14.5. The molecule has 2 atom stereocenters. The molecule has 1 heterocycles. The second-order valence-corrected chi connectivity index (χ2v) is 7.65. The number of amides is 2. The normalized spacial score (nSPS) is 24.9. The fourth-order valence-electron chi connectivity index (χ4n) is 3.52. The van der Waals surface area contributed by atoms with E-state index >= 15 is 0 Å². The summed E-state index contributed by atoms with van der Waals surface area (Å²) in [5.74, 6) is 0.0501. The van der Waals surface area contributed by atoms with Gasteiger partial charge in [-0.2, -0.15) is 0 Å². The molecule has 0 radical (unpaired) electrons. The van der Waals surface area contributed by atoms with Crippen LogP contribution in [-0.2, 0) is 9.59 Å². The maximum atomic E-state index is 12.7. The van der Waals surface area contributed by atoms with Crippen molar-refractivity contribution in [3.8, 4) is 0 Å². The van der Waals surface area contributed by atoms with Crippen LogP contribution >= 0.6 is 0 Å². The Labute approximate surface area is 123 Å². The predicted octanol–water partition coefficient (Wildman–Crippen LogP) is 2.72. The lowest BCUT2D eigenvalue weighted by Gasteiger charge is -2.49. The predicted molar refractivity (Wildman–Crippen MR) is 81.3 cm³/mol. The van der Waals surface area contributed by atoms with Crippen LogP contribution in [0.1, 0.15) is 67.7 Å². The van der Waals surface area contributed by atoms with Crippen molar-refractivity contribution >= 4 is 11.8 Å². The average Bonchev–Trinajstić information content (AvgIpc) is 2.27. The number of carbonyl (C=O) groups is 2. The molecule has 1 aliphatic rings. The molecule has 0 aromatic rings. The molecular weight excluding hydrogens is 252 g/mol. The smallest absolute Gasteiger partial charge is 0.246 e. The van der Waals surface area contributed by atoms with Crippen LogP contribution in [0.25, 0.3) is 0 Å². The summed E-state index contributed by atoms with van der Waals surface area (Å²) in [5.41, 5.74) is -0.209. The summed E-state index contributed by atoms with van der Waals surface area (Å²) in [7, 11) is 0. The lowest BCUT2D eigenvalue weighted by Crippen LogP contribution is -2.68. The van der Waals surface area contributed by atoms with Crippen LogP contribution in [0, 0.1) is 5.41 Å². The Balaban J connectivity index is 3.13. The zero-order chi connectivity index (χ0) is 15.7. The van der Waals surface area contributed by atoms with Crippen LogP contribution in [-0.4, -0.2) is 34.3 Å². The van der Waals surface area contributed by atoms with E-state index in [1.807, 2.05) is 18.7 Å². The highest BCUT2D eigenvalue weighted by Crippen LogP contribution is 2.34. The van der Waals surface area contributed by atoms with Crippen LogP contribution in [0.2, 0.25) is 0 Å². The Hall–Kier alpha value is -1.06. The highest BCUT2D eigenvalue weighted by Gasteiger charge is 2.46. The molecule has 4 nitrogen and oxygen atoms in total. The average molecular weight is 282 g/mol. The van der Waals surface area contributed by atoms with Crippen molar-refractivity contribution in [1.82, 2.24) is 10.2 Å². The third-order valence-electron chi connectivity index (χ3n) is 3.88. The van der Waals surface area contributed by atoms with Crippen LogP contribution in [0.15, 0.2) is 0 Å². The lowest BCUT2D eigenvalue weighted by molar-refractivity contribution is -0.157. The lowest BCUT2D eigenvalue weighted by atomic mass is 9.79. The zero-order valence-electron chi connectivity index (χ0n) is 14.0. The van der Waals surface area contributed by atoms with E-state index in [9.17, 15) is 9.59 Å². The van der Waals surface area contributed by atoms with Gasteiger partial charge in [0.25, 0.3) is 0 Å². The van der Waals surface area contributed by atoms with Gasteiger partial charge in [0.2, 0.25) is 11.8 Å². The standard InChI is InChI=1S/C16H30N2O2/c1-8-11-14(20)18(12(9-2)13(19)17-11)16(6,7)10-15(3,4)5/h11-12H,8-10H2,1-7H3,(H,17,19). The van der Waals surface area contributed by atoms with Gasteiger partial charge in [0.05, 0.1) is 0 Å². The number of piperazine rings is 1. The summed E-state index contributed by atoms with van der Waals surface area (Å²) < 4.78 is 0. The first-order chi connectivity index (χ1) is 9.03. The minimum absolute atomic E-state index is 0.0130. The molecule has 0 spiro atoms. The van der Waals surface area contributed by atoms with Gasteiger partial charge in [-0.05, 0) is 38.5 Å². The molecule has 1 saturated heterocycles. The molecule has 2 amide bonds. The number of rotatable bonds is 4. The van der Waals surface area contributed by atoms with Crippen molar-refractivity contribution in [2.24, 2.45) is 5.41 Å². The first kappa shape index (κ1) is 17.0. The van der Waals surface area contributed by atoms with Crippen molar-refractivity contribution < 1.29 is 9.59 Å². The summed E-state index contributed by atoms with van der Waals surface area (Å²) in [6.07, 6.45) is 2.16. The van der Waals surface area contributed by atoms with Gasteiger partial charge in [0.15, 0.2) is 0 Å². The quantitative estimate of drug-likeness (QED) is 0.862. The molecular formula is C16H30N2O2. The van der Waals surface area contributed by atoms with E-state index in [4.69, 9.17) is 0 Å². The van der Waals surface area contributed by atoms with E-state index in [2.05, 4.69) is 39.9 Å². The van der Waals surface area contributed by atoms with Gasteiger partial charge < -0.3 is 10.2 Å². The molecule has 1 aliphatic heterocycles. The van der Waals surface area contributed by atoms with Crippen molar-refractivity contribution in [2.75, 3.05) is 0 Å². The largest absolute Gasteiger partial charge is 0.343 e. The van der Waals surface area contributed by atoms with Crippen molar-refractivity contribution in [3.63, 3.8) is 0 Å². The highest BCUT2D eigenvalue weighted by atomic mass is 16.2. The monoisotopic (exact) mass is 282 g/mol. The van der Waals surface area contributed by atoms with Crippen LogP contribution < -0.4 is 5.32 Å². The molecule has 20 heavy (non-hydrogen) atoms. The van der Waals surface area contributed by atoms with Gasteiger partial charge in [-0.3, -0.25) is 9.59 Å². The minimum atomic E-state index is -0.371. The molecule has 1 N–H and O–H groups in total. The van der Waals surface area contributed by atoms with Crippen LogP contribution in [0.3, 0.4) is 0 Å². The summed E-state index contributed by atoms with van der Waals surface area (Å²) in [5, 5.41) is 2.85. The molecule has 0 bridgehead atoms. The number of nitrogens with one attached hydrogen (secondary N) is 1. The van der Waals surface area contributed by atoms with E-state index < -0.39 is 0 Å². The minimum Gasteiger partial charge on any atom is -0.343 e. The molecule has 0 aliphatic carbocycles. The number of hydrogen-bond donors (Lipinski definition) is 1. The van der Waals surface area contributed by atoms with Crippen molar-refractivity contribution in [2.45, 2.75) is 85.4 Å². The van der Waals surface area contributed by atoms with E-state index in [-0.39, 0.29) is 34.9 Å². The topological polar surface area (TPSA) is 49.4 Å². The second-order valence-electron chi connectivity index (χ2n) is 7.65. The Morgan fingerprint density at radius 1 is 1.05 bits per heavy atom. The zero-order valence-corrected chi connectivity index (χ0v) is 14.0. The van der Waals surface area contributed by atoms with Crippen molar-refractivity contribution in [1.29, 1.82) is 0 Å². The third-order valence-corrected chi connectivity index (χ3v) is 3.88. The molecule has 4 heteroatoms. The second kappa shape index (κ2) is 5.74. The SMILES string of the molecule is CCC1NC(=O)C(CC)N(C(C)(C)CC(C)(C)C)C1=O. The maximum Gasteiger partial charge on any atom is 0.246 e. The molecule has 2 unspecified atom stereocenters. The van der Waals surface area contributed by atoms with Crippen molar-refractivity contribution in [3.05, 3.63) is 0 Å². The van der Waals surface area contributed by atoms with E-state index in [1.165, 1.54) is 0 Å². The Morgan fingerprint density at radius 2 is 1.60 bits per heavy atom. The molecule has 1 rings (SSSR count). The van der Waals surface area contributed by atoms with Gasteiger partial charge in [0, 0.05) is 5.54 Å². The number of carbonyl (C=O) groups excluding carboxylic acids is 2. The number of nitrogens with zero attached hydrogens (tertiary/aromatic N) is 1. The summed E-state index contributed by atoms with van der Waals surface area (Å²) in [6, 6.07) is -0.716. The molecule has 116 valence electrons. The fourth-order valence-corrected chi connectivity index (χ4v) is 3.52. The Kier molecular flexibility index (Phi) is 4.88. The van der Waals surface area contributed by atoms with Crippen LogP contribution in [0.4, 0.5) is 0 Å². The third kappa shape index (κ3) is 3.53. The Morgan fingerprint density at radius 3 is 2.00 bits per heavy atom. The van der Waals surface area contributed by atoms with Crippen LogP contribution in [0.5, 0.6) is 0 Å². The van der Waals surface area contributed by atoms with Gasteiger partial charge in [-0.1, -0.05) is 34.6 Å². The fraction of sp³-hybridized carbons (Fsp3) is 0.875. The Bertz CT molecular complexity index is 382. The molecule has 1 fully saturated rings. The first-order valence-electron chi connectivity index (χ1n) is 7.67. The highest BCUT2D eigenvalue weighted by molar-refractivity contribution is 5.97. The maximum absolute atomic E-state index is 12.7. The molecule has 0 saturated carbocycles. The molecule has 0 aromatic carbocycles. The van der Waals surface area contributed by atoms with Gasteiger partial charge in [-0.25, -0.2) is 0 Å². The molecule has 0 aromatic heterocycles. The summed E-state index contributed by atoms with van der Waals surface area (Å²) in [4.78, 5) is 26.8.